The number of nitrogens with one attached hydrogen (secondary N) is 2. The molecule has 0 aliphatic rings. The molecule has 1 heterocycles. The summed E-state index contributed by atoms with van der Waals surface area (Å²) in [6, 6.07) is 8.97. The number of carbonyl (C=O) groups excluding carboxylic acids is 2. The van der Waals surface area contributed by atoms with E-state index in [1.54, 1.807) is 7.05 Å². The molecular formula is C13H16N6O2S. The summed E-state index contributed by atoms with van der Waals surface area (Å²) in [7, 11) is 1.72. The van der Waals surface area contributed by atoms with Crippen LogP contribution in [-0.2, 0) is 18.4 Å². The highest BCUT2D eigenvalue weighted by molar-refractivity contribution is 7.99. The first-order valence-electron chi connectivity index (χ1n) is 6.62. The first kappa shape index (κ1) is 16.0. The minimum absolute atomic E-state index is 0.205. The lowest BCUT2D eigenvalue weighted by molar-refractivity contribution is -0.119. The maximum absolute atomic E-state index is 11.6. The van der Waals surface area contributed by atoms with Gasteiger partial charge in [-0.1, -0.05) is 42.1 Å². The van der Waals surface area contributed by atoms with Crippen LogP contribution in [0.4, 0.5) is 4.79 Å². The van der Waals surface area contributed by atoms with Gasteiger partial charge in [0.15, 0.2) is 0 Å². The lowest BCUT2D eigenvalue weighted by Gasteiger charge is -2.06. The zero-order valence-corrected chi connectivity index (χ0v) is 12.8. The molecule has 0 spiro atoms. The van der Waals surface area contributed by atoms with E-state index in [4.69, 9.17) is 0 Å². The molecule has 2 aromatic rings. The van der Waals surface area contributed by atoms with Gasteiger partial charge < -0.3 is 5.32 Å². The average Bonchev–Trinajstić information content (AvgIpc) is 2.92. The van der Waals surface area contributed by atoms with E-state index in [9.17, 15) is 9.59 Å². The van der Waals surface area contributed by atoms with Gasteiger partial charge in [0.2, 0.25) is 11.1 Å². The first-order valence-corrected chi connectivity index (χ1v) is 7.60. The van der Waals surface area contributed by atoms with E-state index in [0.29, 0.717) is 17.5 Å². The molecule has 2 N–H and O–H groups in total. The fourth-order valence-electron chi connectivity index (χ4n) is 1.59. The van der Waals surface area contributed by atoms with E-state index in [2.05, 4.69) is 26.2 Å². The molecule has 0 aliphatic heterocycles. The molecule has 2 rings (SSSR count). The number of urea groups is 1. The number of imide groups is 1. The molecule has 0 atom stereocenters. The molecule has 22 heavy (non-hydrogen) atoms. The molecule has 0 fully saturated rings. The van der Waals surface area contributed by atoms with E-state index in [-0.39, 0.29) is 12.3 Å². The molecular weight excluding hydrogens is 304 g/mol. The van der Waals surface area contributed by atoms with Crippen LogP contribution in [0.1, 0.15) is 12.0 Å². The zero-order valence-electron chi connectivity index (χ0n) is 12.0. The maximum Gasteiger partial charge on any atom is 0.321 e. The third-order valence-corrected chi connectivity index (χ3v) is 3.70. The highest BCUT2D eigenvalue weighted by Gasteiger charge is 2.09. The van der Waals surface area contributed by atoms with Gasteiger partial charge in [0.25, 0.3) is 0 Å². The number of benzene rings is 1. The highest BCUT2D eigenvalue weighted by atomic mass is 32.2. The van der Waals surface area contributed by atoms with E-state index >= 15 is 0 Å². The van der Waals surface area contributed by atoms with E-state index in [1.165, 1.54) is 16.4 Å². The number of aryl methyl sites for hydroxylation is 1. The predicted molar refractivity (Wildman–Crippen MR) is 81.0 cm³/mol. The zero-order chi connectivity index (χ0) is 15.8. The molecule has 8 nitrogen and oxygen atoms in total. The van der Waals surface area contributed by atoms with Crippen LogP contribution < -0.4 is 10.6 Å². The Morgan fingerprint density at radius 1 is 1.27 bits per heavy atom. The molecule has 1 aromatic heterocycles. The van der Waals surface area contributed by atoms with Crippen molar-refractivity contribution in [3.8, 4) is 0 Å². The fraction of sp³-hybridized carbons (Fsp3) is 0.308. The standard InChI is InChI=1S/C13H16N6O2S/c1-19-13(16-17-18-19)22-8-7-11(20)15-12(21)14-9-10-5-3-2-4-6-10/h2-6H,7-9H2,1H3,(H2,14,15,20,21). The van der Waals surface area contributed by atoms with Crippen molar-refractivity contribution >= 4 is 23.7 Å². The van der Waals surface area contributed by atoms with Crippen molar-refractivity contribution in [3.63, 3.8) is 0 Å². The number of carbonyl (C=O) groups is 2. The van der Waals surface area contributed by atoms with E-state index < -0.39 is 6.03 Å². The number of aromatic nitrogens is 4. The van der Waals surface area contributed by atoms with Crippen molar-refractivity contribution in [1.82, 2.24) is 30.8 Å². The van der Waals surface area contributed by atoms with Crippen molar-refractivity contribution in [3.05, 3.63) is 35.9 Å². The predicted octanol–water partition coefficient (Wildman–Crippen LogP) is 0.718. The van der Waals surface area contributed by atoms with Gasteiger partial charge in [0, 0.05) is 25.8 Å². The number of thioether (sulfide) groups is 1. The smallest absolute Gasteiger partial charge is 0.321 e. The van der Waals surface area contributed by atoms with Gasteiger partial charge >= 0.3 is 6.03 Å². The minimum atomic E-state index is -0.501. The molecule has 3 amide bonds. The lowest BCUT2D eigenvalue weighted by atomic mass is 10.2. The van der Waals surface area contributed by atoms with E-state index in [1.807, 2.05) is 30.3 Å². The van der Waals surface area contributed by atoms with Crippen molar-refractivity contribution in [2.75, 3.05) is 5.75 Å². The Morgan fingerprint density at radius 3 is 2.73 bits per heavy atom. The molecule has 0 saturated heterocycles. The Hall–Kier alpha value is -2.42. The summed E-state index contributed by atoms with van der Waals surface area (Å²) < 4.78 is 1.52. The fourth-order valence-corrected chi connectivity index (χ4v) is 2.38. The summed E-state index contributed by atoms with van der Waals surface area (Å²) in [5.74, 6) is 0.152. The number of hydrogen-bond donors (Lipinski definition) is 2. The van der Waals surface area contributed by atoms with Crippen LogP contribution in [0.5, 0.6) is 0 Å². The van der Waals surface area contributed by atoms with Crippen molar-refractivity contribution < 1.29 is 9.59 Å². The second-order valence-corrected chi connectivity index (χ2v) is 5.46. The summed E-state index contributed by atoms with van der Waals surface area (Å²) in [5.41, 5.74) is 0.968. The van der Waals surface area contributed by atoms with E-state index in [0.717, 1.165) is 5.56 Å². The quantitative estimate of drug-likeness (QED) is 0.760. The molecule has 1 aromatic carbocycles. The van der Waals surface area contributed by atoms with Crippen LogP contribution in [0.2, 0.25) is 0 Å². The third kappa shape index (κ3) is 5.17. The second-order valence-electron chi connectivity index (χ2n) is 4.40. The number of tetrazole rings is 1. The van der Waals surface area contributed by atoms with Crippen LogP contribution in [0.15, 0.2) is 35.5 Å². The van der Waals surface area contributed by atoms with Crippen LogP contribution in [-0.4, -0.2) is 37.9 Å². The van der Waals surface area contributed by atoms with Gasteiger partial charge in [-0.15, -0.1) is 5.10 Å². The number of rotatable bonds is 6. The Bertz CT molecular complexity index is 630. The van der Waals surface area contributed by atoms with Gasteiger partial charge in [0.05, 0.1) is 0 Å². The monoisotopic (exact) mass is 320 g/mol. The van der Waals surface area contributed by atoms with Gasteiger partial charge in [0.1, 0.15) is 0 Å². The SMILES string of the molecule is Cn1nnnc1SCCC(=O)NC(=O)NCc1ccccc1. The number of hydrogen-bond acceptors (Lipinski definition) is 6. The Morgan fingerprint density at radius 2 is 2.05 bits per heavy atom. The van der Waals surface area contributed by atoms with Gasteiger partial charge in [-0.25, -0.2) is 9.48 Å². The average molecular weight is 320 g/mol. The van der Waals surface area contributed by atoms with Crippen LogP contribution in [0.3, 0.4) is 0 Å². The molecule has 0 bridgehead atoms. The Labute approximate surface area is 131 Å². The van der Waals surface area contributed by atoms with Crippen molar-refractivity contribution in [2.45, 2.75) is 18.1 Å². The molecule has 0 unspecified atom stereocenters. The van der Waals surface area contributed by atoms with Crippen LogP contribution >= 0.6 is 11.8 Å². The summed E-state index contributed by atoms with van der Waals surface area (Å²) >= 11 is 1.35. The molecule has 116 valence electrons. The second kappa shape index (κ2) is 8.13. The molecule has 0 radical (unpaired) electrons. The third-order valence-electron chi connectivity index (χ3n) is 2.69. The highest BCUT2D eigenvalue weighted by Crippen LogP contribution is 2.12. The Kier molecular flexibility index (Phi) is 5.90. The Balaban J connectivity index is 1.64. The van der Waals surface area contributed by atoms with Crippen molar-refractivity contribution in [1.29, 1.82) is 0 Å². The summed E-state index contributed by atoms with van der Waals surface area (Å²) in [6.45, 7) is 0.374. The first-order chi connectivity index (χ1) is 10.6. The molecule has 0 aliphatic carbocycles. The van der Waals surface area contributed by atoms with Gasteiger partial charge in [-0.05, 0) is 16.0 Å². The van der Waals surface area contributed by atoms with Crippen LogP contribution in [0.25, 0.3) is 0 Å². The molecule has 9 heteroatoms. The summed E-state index contributed by atoms with van der Waals surface area (Å²) in [4.78, 5) is 23.2. The number of nitrogens with zero attached hydrogens (tertiary/aromatic N) is 4. The minimum Gasteiger partial charge on any atom is -0.334 e. The largest absolute Gasteiger partial charge is 0.334 e. The normalized spacial score (nSPS) is 10.2. The van der Waals surface area contributed by atoms with Gasteiger partial charge in [-0.3, -0.25) is 10.1 Å². The molecule has 0 saturated carbocycles. The topological polar surface area (TPSA) is 102 Å². The number of amides is 3. The maximum atomic E-state index is 11.6. The van der Waals surface area contributed by atoms with Crippen LogP contribution in [0, 0.1) is 0 Å². The van der Waals surface area contributed by atoms with Crippen molar-refractivity contribution in [2.24, 2.45) is 7.05 Å². The lowest BCUT2D eigenvalue weighted by Crippen LogP contribution is -2.39. The summed E-state index contributed by atoms with van der Waals surface area (Å²) in [6.07, 6.45) is 0.205. The van der Waals surface area contributed by atoms with Gasteiger partial charge in [-0.2, -0.15) is 0 Å². The summed E-state index contributed by atoms with van der Waals surface area (Å²) in [5, 5.41) is 16.5.